The molecule has 0 aliphatic carbocycles. The van der Waals surface area contributed by atoms with E-state index in [9.17, 15) is 13.8 Å². The van der Waals surface area contributed by atoms with Crippen molar-refractivity contribution in [3.8, 4) is 5.75 Å². The Kier molecular flexibility index (Phi) is 7.19. The number of esters is 2. The second-order valence-corrected chi connectivity index (χ2v) is 9.85. The number of rotatable bonds is 7. The van der Waals surface area contributed by atoms with Gasteiger partial charge in [-0.25, -0.2) is 15.0 Å². The summed E-state index contributed by atoms with van der Waals surface area (Å²) in [7, 11) is -0.287. The summed E-state index contributed by atoms with van der Waals surface area (Å²) in [5.41, 5.74) is 6.48. The molecule has 186 valence electrons. The minimum absolute atomic E-state index is 0.139. The molecule has 3 heterocycles. The van der Waals surface area contributed by atoms with Crippen molar-refractivity contribution in [2.45, 2.75) is 48.0 Å². The molecule has 2 aromatic heterocycles. The predicted molar refractivity (Wildman–Crippen MR) is 124 cm³/mol. The first-order valence-corrected chi connectivity index (χ1v) is 12.0. The third-order valence-electron chi connectivity index (χ3n) is 5.25. The van der Waals surface area contributed by atoms with Crippen molar-refractivity contribution in [1.82, 2.24) is 19.5 Å². The van der Waals surface area contributed by atoms with Crippen molar-refractivity contribution >= 4 is 51.3 Å². The van der Waals surface area contributed by atoms with Gasteiger partial charge in [-0.3, -0.25) is 18.4 Å². The van der Waals surface area contributed by atoms with E-state index in [-0.39, 0.29) is 5.82 Å². The molecule has 0 unspecified atom stereocenters. The van der Waals surface area contributed by atoms with Crippen LogP contribution in [0, 0.1) is 0 Å². The molecule has 6 atom stereocenters. The molecule has 1 saturated heterocycles. The Bertz CT molecular complexity index is 1270. The molecular formula is C21H22ClN5O7S. The van der Waals surface area contributed by atoms with E-state index in [0.717, 1.165) is 0 Å². The van der Waals surface area contributed by atoms with E-state index >= 15 is 0 Å². The van der Waals surface area contributed by atoms with Crippen LogP contribution in [0.15, 0.2) is 41.8 Å². The van der Waals surface area contributed by atoms with Gasteiger partial charge in [-0.2, -0.15) is 0 Å². The number of halogens is 1. The minimum Gasteiger partial charge on any atom is -0.497 e. The number of methoxy groups -OCH3 is 1. The van der Waals surface area contributed by atoms with Crippen molar-refractivity contribution in [3.63, 3.8) is 0 Å². The van der Waals surface area contributed by atoms with Crippen LogP contribution < -0.4 is 10.5 Å². The highest BCUT2D eigenvalue weighted by molar-refractivity contribution is 7.87. The van der Waals surface area contributed by atoms with Gasteiger partial charge >= 0.3 is 11.9 Å². The fraction of sp³-hybridized carbons (Fsp3) is 0.381. The number of nitrogens with two attached hydrogens (primary N) is 1. The van der Waals surface area contributed by atoms with E-state index in [4.69, 9.17) is 36.3 Å². The summed E-state index contributed by atoms with van der Waals surface area (Å²) >= 11 is 6.64. The Morgan fingerprint density at radius 2 is 1.77 bits per heavy atom. The summed E-state index contributed by atoms with van der Waals surface area (Å²) in [6, 6.07) is 6.48. The van der Waals surface area contributed by atoms with Crippen LogP contribution in [0.1, 0.15) is 20.1 Å². The number of hydrogen-bond donors (Lipinski definition) is 1. The summed E-state index contributed by atoms with van der Waals surface area (Å²) in [6.07, 6.45) is -1.90. The molecule has 1 fully saturated rings. The number of benzene rings is 1. The molecule has 0 saturated carbocycles. The smallest absolute Gasteiger partial charge is 0.303 e. The number of fused-ring (bicyclic) bond motifs is 1. The monoisotopic (exact) mass is 523 g/mol. The van der Waals surface area contributed by atoms with E-state index in [1.165, 1.54) is 38.2 Å². The lowest BCUT2D eigenvalue weighted by Crippen LogP contribution is -2.43. The number of nitrogen functional groups attached to an aromatic ring is 1. The first kappa shape index (κ1) is 24.8. The largest absolute Gasteiger partial charge is 0.497 e. The van der Waals surface area contributed by atoms with E-state index in [1.54, 1.807) is 24.3 Å². The first-order chi connectivity index (χ1) is 16.7. The number of alkyl halides is 1. The van der Waals surface area contributed by atoms with Crippen LogP contribution >= 0.6 is 11.6 Å². The lowest BCUT2D eigenvalue weighted by molar-refractivity contribution is -0.165. The average Bonchev–Trinajstić information content (AvgIpc) is 3.40. The number of carbonyl (C=O) groups excluding carboxylic acids is 2. The molecular weight excluding hydrogens is 502 g/mol. The van der Waals surface area contributed by atoms with Gasteiger partial charge in [-0.05, 0) is 24.3 Å². The number of anilines is 1. The zero-order valence-corrected chi connectivity index (χ0v) is 20.4. The average molecular weight is 524 g/mol. The van der Waals surface area contributed by atoms with Crippen LogP contribution in [0.4, 0.5) is 5.82 Å². The minimum atomic E-state index is -1.80. The van der Waals surface area contributed by atoms with Gasteiger partial charge < -0.3 is 24.7 Å². The molecule has 2 N–H and O–H groups in total. The second-order valence-electron chi connectivity index (χ2n) is 7.55. The van der Waals surface area contributed by atoms with Crippen LogP contribution in [0.3, 0.4) is 0 Å². The third-order valence-corrected chi connectivity index (χ3v) is 7.39. The van der Waals surface area contributed by atoms with Gasteiger partial charge in [0.2, 0.25) is 0 Å². The molecule has 12 nitrogen and oxygen atoms in total. The highest BCUT2D eigenvalue weighted by Gasteiger charge is 2.54. The first-order valence-electron chi connectivity index (χ1n) is 10.3. The normalized spacial score (nSPS) is 23.5. The van der Waals surface area contributed by atoms with Gasteiger partial charge in [-0.1, -0.05) is 0 Å². The standard InChI is InChI=1S/C21H22ClN5O7S/c1-10(28)32-15-16(18(22)35(30)13-6-4-12(31-3)5-7-13)34-21(17(15)33-11(2)29)27-9-26-14-19(23)24-8-25-20(14)27/h4-9,15-18,21H,1-3H3,(H2,23,24,25)/t15-,16+,17-,18-,21-,35+/m1/s1. The number of imidazole rings is 1. The Balaban J connectivity index is 1.73. The van der Waals surface area contributed by atoms with Gasteiger partial charge in [0, 0.05) is 18.7 Å². The van der Waals surface area contributed by atoms with Crippen LogP contribution in [0.5, 0.6) is 5.75 Å². The molecule has 0 radical (unpaired) electrons. The summed E-state index contributed by atoms with van der Waals surface area (Å²) < 4.78 is 35.8. The molecule has 4 rings (SSSR count). The number of aromatic nitrogens is 4. The lowest BCUT2D eigenvalue weighted by Gasteiger charge is -2.25. The zero-order valence-electron chi connectivity index (χ0n) is 18.9. The summed E-state index contributed by atoms with van der Waals surface area (Å²) in [5.74, 6) is -0.598. The number of ether oxygens (including phenoxy) is 4. The molecule has 3 aromatic rings. The van der Waals surface area contributed by atoms with Gasteiger partial charge in [-0.15, -0.1) is 11.6 Å². The molecule has 1 aliphatic rings. The van der Waals surface area contributed by atoms with Crippen LogP contribution in [-0.4, -0.2) is 65.8 Å². The van der Waals surface area contributed by atoms with Gasteiger partial charge in [0.05, 0.1) is 24.2 Å². The Morgan fingerprint density at radius 1 is 1.11 bits per heavy atom. The van der Waals surface area contributed by atoms with E-state index in [0.29, 0.717) is 21.8 Å². The Morgan fingerprint density at radius 3 is 2.40 bits per heavy atom. The maximum Gasteiger partial charge on any atom is 0.303 e. The molecule has 0 bridgehead atoms. The van der Waals surface area contributed by atoms with E-state index in [2.05, 4.69) is 15.0 Å². The maximum absolute atomic E-state index is 13.3. The maximum atomic E-state index is 13.3. The van der Waals surface area contributed by atoms with Gasteiger partial charge in [0.1, 0.15) is 28.4 Å². The van der Waals surface area contributed by atoms with Crippen molar-refractivity contribution < 1.29 is 32.7 Å². The molecule has 35 heavy (non-hydrogen) atoms. The Labute approximate surface area is 207 Å². The van der Waals surface area contributed by atoms with Crippen molar-refractivity contribution in [3.05, 3.63) is 36.9 Å². The summed E-state index contributed by atoms with van der Waals surface area (Å²) in [4.78, 5) is 36.6. The van der Waals surface area contributed by atoms with Crippen LogP contribution in [-0.2, 0) is 34.6 Å². The van der Waals surface area contributed by atoms with Crippen LogP contribution in [0.2, 0.25) is 0 Å². The van der Waals surface area contributed by atoms with E-state index in [1.807, 2.05) is 0 Å². The van der Waals surface area contributed by atoms with Crippen molar-refractivity contribution in [2.24, 2.45) is 0 Å². The Hall–Kier alpha value is -3.29. The topological polar surface area (TPSA) is 158 Å². The quantitative estimate of drug-likeness (QED) is 0.353. The van der Waals surface area contributed by atoms with Gasteiger partial charge in [0.15, 0.2) is 29.9 Å². The number of hydrogen-bond acceptors (Lipinski definition) is 11. The SMILES string of the molecule is COc1ccc([S@](=O)[C@@H](Cl)[C@H]2O[C@@H](n3cnc4c(N)ncnc43)[C@H](OC(C)=O)[C@@H]2OC(C)=O)cc1. The van der Waals surface area contributed by atoms with Crippen molar-refractivity contribution in [1.29, 1.82) is 0 Å². The number of carbonyl (C=O) groups is 2. The van der Waals surface area contributed by atoms with E-state index < -0.39 is 52.0 Å². The third kappa shape index (κ3) is 4.92. The van der Waals surface area contributed by atoms with Gasteiger partial charge in [0.25, 0.3) is 0 Å². The number of nitrogens with zero attached hydrogens (tertiary/aromatic N) is 4. The van der Waals surface area contributed by atoms with Crippen molar-refractivity contribution in [2.75, 3.05) is 12.8 Å². The highest BCUT2D eigenvalue weighted by Crippen LogP contribution is 2.40. The molecule has 1 aromatic carbocycles. The fourth-order valence-electron chi connectivity index (χ4n) is 3.76. The molecule has 14 heteroatoms. The zero-order chi connectivity index (χ0) is 25.3. The second kappa shape index (κ2) is 10.1. The predicted octanol–water partition coefficient (Wildman–Crippen LogP) is 1.55. The molecule has 0 spiro atoms. The summed E-state index contributed by atoms with van der Waals surface area (Å²) in [5, 5.41) is 0. The highest BCUT2D eigenvalue weighted by atomic mass is 35.5. The molecule has 0 amide bonds. The fourth-order valence-corrected chi connectivity index (χ4v) is 5.40. The lowest BCUT2D eigenvalue weighted by atomic mass is 10.1. The summed E-state index contributed by atoms with van der Waals surface area (Å²) in [6.45, 7) is 2.40. The molecule has 1 aliphatic heterocycles. The van der Waals surface area contributed by atoms with Crippen LogP contribution in [0.25, 0.3) is 11.2 Å².